The van der Waals surface area contributed by atoms with Crippen molar-refractivity contribution < 1.29 is 14.3 Å². The van der Waals surface area contributed by atoms with E-state index >= 15 is 0 Å². The second kappa shape index (κ2) is 8.84. The van der Waals surface area contributed by atoms with Crippen LogP contribution >= 0.6 is 0 Å². The van der Waals surface area contributed by atoms with Crippen molar-refractivity contribution in [2.45, 2.75) is 44.1 Å². The number of hydrogen-bond acceptors (Lipinski definition) is 4. The molecule has 35 heavy (non-hydrogen) atoms. The number of aromatic nitrogens is 1. The third-order valence-electron chi connectivity index (χ3n) is 7.62. The van der Waals surface area contributed by atoms with Crippen LogP contribution in [0.5, 0.6) is 5.75 Å². The van der Waals surface area contributed by atoms with E-state index < -0.39 is 0 Å². The molecule has 0 N–H and O–H groups in total. The minimum absolute atomic E-state index is 0.0504. The number of carbonyl (C=O) groups is 2. The van der Waals surface area contributed by atoms with Gasteiger partial charge < -0.3 is 14.5 Å². The van der Waals surface area contributed by atoms with Gasteiger partial charge in [0.05, 0.1) is 19.0 Å². The lowest BCUT2D eigenvalue weighted by Gasteiger charge is -2.41. The van der Waals surface area contributed by atoms with Crippen molar-refractivity contribution in [2.24, 2.45) is 0 Å². The molecular formula is C29H29N3O3. The number of benzene rings is 2. The Hall–Kier alpha value is -3.67. The van der Waals surface area contributed by atoms with Gasteiger partial charge in [-0.1, -0.05) is 24.3 Å². The third kappa shape index (κ3) is 3.97. The molecule has 2 aromatic carbocycles. The zero-order valence-electron chi connectivity index (χ0n) is 19.9. The smallest absolute Gasteiger partial charge is 0.230 e. The Labute approximate surface area is 205 Å². The number of ether oxygens (including phenoxy) is 1. The SMILES string of the molecule is CN1C(=O)CCc2cc(-c3cncc4c3CCCC4C(=O)N3CC(Oc4ccccc4)C3)ccc21. The summed E-state index contributed by atoms with van der Waals surface area (Å²) in [7, 11) is 1.84. The number of fused-ring (bicyclic) bond motifs is 2. The van der Waals surface area contributed by atoms with Crippen molar-refractivity contribution in [3.8, 4) is 16.9 Å². The molecule has 1 atom stereocenters. The molecule has 6 rings (SSSR count). The van der Waals surface area contributed by atoms with Gasteiger partial charge in [-0.15, -0.1) is 0 Å². The molecule has 2 aliphatic heterocycles. The van der Waals surface area contributed by atoms with E-state index in [9.17, 15) is 9.59 Å². The van der Waals surface area contributed by atoms with Crippen LogP contribution in [0.4, 0.5) is 5.69 Å². The molecule has 3 heterocycles. The maximum atomic E-state index is 13.5. The fourth-order valence-electron chi connectivity index (χ4n) is 5.66. The van der Waals surface area contributed by atoms with Crippen molar-refractivity contribution >= 4 is 17.5 Å². The molecule has 6 heteroatoms. The van der Waals surface area contributed by atoms with Gasteiger partial charge in [0.2, 0.25) is 11.8 Å². The largest absolute Gasteiger partial charge is 0.487 e. The highest BCUT2D eigenvalue weighted by Crippen LogP contribution is 2.40. The number of hydrogen-bond donors (Lipinski definition) is 0. The quantitative estimate of drug-likeness (QED) is 0.572. The van der Waals surface area contributed by atoms with Gasteiger partial charge in [0.25, 0.3) is 0 Å². The van der Waals surface area contributed by atoms with E-state index in [0.717, 1.165) is 53.8 Å². The van der Waals surface area contributed by atoms with Gasteiger partial charge in [0.15, 0.2) is 0 Å². The second-order valence-corrected chi connectivity index (χ2v) is 9.79. The number of likely N-dealkylation sites (tertiary alicyclic amines) is 1. The standard InChI is InChI=1S/C29H29N3O3/c1-31-27-12-10-19(14-20(27)11-13-28(31)33)25-15-30-16-26-23(25)8-5-9-24(26)29(34)32-17-22(18-32)35-21-6-3-2-4-7-21/h2-4,6-7,10,12,14-16,22,24H,5,8-9,11,13,17-18H2,1H3. The molecule has 0 saturated carbocycles. The van der Waals surface area contributed by atoms with E-state index in [1.54, 1.807) is 4.90 Å². The van der Waals surface area contributed by atoms with E-state index in [-0.39, 0.29) is 23.8 Å². The van der Waals surface area contributed by atoms with Crippen LogP contribution in [-0.4, -0.2) is 47.9 Å². The molecule has 2 amide bonds. The summed E-state index contributed by atoms with van der Waals surface area (Å²) in [5.41, 5.74) is 6.70. The number of amides is 2. The minimum atomic E-state index is -0.148. The van der Waals surface area contributed by atoms with Crippen molar-refractivity contribution in [1.82, 2.24) is 9.88 Å². The van der Waals surface area contributed by atoms with Crippen LogP contribution in [0.3, 0.4) is 0 Å². The van der Waals surface area contributed by atoms with Gasteiger partial charge in [-0.2, -0.15) is 0 Å². The lowest BCUT2D eigenvalue weighted by atomic mass is 9.79. The highest BCUT2D eigenvalue weighted by molar-refractivity contribution is 5.96. The topological polar surface area (TPSA) is 62.7 Å². The summed E-state index contributed by atoms with van der Waals surface area (Å²) in [5, 5.41) is 0. The van der Waals surface area contributed by atoms with Crippen molar-refractivity contribution in [3.05, 3.63) is 77.6 Å². The Morgan fingerprint density at radius 1 is 1.03 bits per heavy atom. The van der Waals surface area contributed by atoms with E-state index in [1.807, 2.05) is 60.7 Å². The molecule has 1 fully saturated rings. The summed E-state index contributed by atoms with van der Waals surface area (Å²) in [6.07, 6.45) is 7.97. The number of aryl methyl sites for hydroxylation is 1. The van der Waals surface area contributed by atoms with Crippen LogP contribution in [0.2, 0.25) is 0 Å². The van der Waals surface area contributed by atoms with E-state index in [4.69, 9.17) is 4.74 Å². The number of para-hydroxylation sites is 1. The average Bonchev–Trinajstić information content (AvgIpc) is 2.87. The predicted molar refractivity (Wildman–Crippen MR) is 135 cm³/mol. The van der Waals surface area contributed by atoms with Gasteiger partial charge in [-0.3, -0.25) is 14.6 Å². The molecule has 6 nitrogen and oxygen atoms in total. The zero-order valence-corrected chi connectivity index (χ0v) is 19.9. The summed E-state index contributed by atoms with van der Waals surface area (Å²) < 4.78 is 5.99. The molecular weight excluding hydrogens is 438 g/mol. The number of pyridine rings is 1. The van der Waals surface area contributed by atoms with Gasteiger partial charge in [0, 0.05) is 37.1 Å². The number of anilines is 1. The second-order valence-electron chi connectivity index (χ2n) is 9.79. The van der Waals surface area contributed by atoms with E-state index in [2.05, 4.69) is 17.1 Å². The molecule has 3 aromatic rings. The molecule has 3 aliphatic rings. The number of rotatable bonds is 4. The maximum Gasteiger partial charge on any atom is 0.230 e. The molecule has 0 spiro atoms. The Morgan fingerprint density at radius 2 is 1.86 bits per heavy atom. The Balaban J connectivity index is 1.22. The van der Waals surface area contributed by atoms with Gasteiger partial charge in [0.1, 0.15) is 11.9 Å². The van der Waals surface area contributed by atoms with Gasteiger partial charge in [-0.25, -0.2) is 0 Å². The lowest BCUT2D eigenvalue weighted by molar-refractivity contribution is -0.142. The lowest BCUT2D eigenvalue weighted by Crippen LogP contribution is -2.57. The average molecular weight is 468 g/mol. The normalized spacial score (nSPS) is 19.6. The first kappa shape index (κ1) is 21.8. The van der Waals surface area contributed by atoms with Crippen LogP contribution in [0.1, 0.15) is 41.9 Å². The summed E-state index contributed by atoms with van der Waals surface area (Å²) in [4.78, 5) is 33.8. The highest BCUT2D eigenvalue weighted by atomic mass is 16.5. The Kier molecular flexibility index (Phi) is 5.51. The van der Waals surface area contributed by atoms with Crippen LogP contribution in [0.15, 0.2) is 60.9 Å². The predicted octanol–water partition coefficient (Wildman–Crippen LogP) is 4.37. The van der Waals surface area contributed by atoms with Gasteiger partial charge >= 0.3 is 0 Å². The highest BCUT2D eigenvalue weighted by Gasteiger charge is 2.38. The monoisotopic (exact) mass is 467 g/mol. The van der Waals surface area contributed by atoms with Crippen LogP contribution in [-0.2, 0) is 22.4 Å². The summed E-state index contributed by atoms with van der Waals surface area (Å²) in [5.74, 6) is 1.04. The molecule has 1 aromatic heterocycles. The summed E-state index contributed by atoms with van der Waals surface area (Å²) in [6.45, 7) is 1.26. The van der Waals surface area contributed by atoms with E-state index in [1.165, 1.54) is 11.1 Å². The van der Waals surface area contributed by atoms with Gasteiger partial charge in [-0.05, 0) is 72.2 Å². The summed E-state index contributed by atoms with van der Waals surface area (Å²) in [6, 6.07) is 16.1. The van der Waals surface area contributed by atoms with Crippen molar-refractivity contribution in [1.29, 1.82) is 0 Å². The first-order chi connectivity index (χ1) is 17.1. The minimum Gasteiger partial charge on any atom is -0.487 e. The van der Waals surface area contributed by atoms with Crippen LogP contribution in [0.25, 0.3) is 11.1 Å². The molecule has 0 bridgehead atoms. The summed E-state index contributed by atoms with van der Waals surface area (Å²) >= 11 is 0. The fourth-order valence-corrected chi connectivity index (χ4v) is 5.66. The van der Waals surface area contributed by atoms with Crippen molar-refractivity contribution in [2.75, 3.05) is 25.0 Å². The van der Waals surface area contributed by atoms with Crippen molar-refractivity contribution in [3.63, 3.8) is 0 Å². The molecule has 178 valence electrons. The first-order valence-electron chi connectivity index (χ1n) is 12.5. The third-order valence-corrected chi connectivity index (χ3v) is 7.62. The molecule has 0 radical (unpaired) electrons. The first-order valence-corrected chi connectivity index (χ1v) is 12.5. The number of nitrogens with zero attached hydrogens (tertiary/aromatic N) is 3. The zero-order chi connectivity index (χ0) is 23.9. The Morgan fingerprint density at radius 3 is 2.69 bits per heavy atom. The van der Waals surface area contributed by atoms with Crippen LogP contribution in [0, 0.1) is 0 Å². The fraction of sp³-hybridized carbons (Fsp3) is 0.345. The maximum absolute atomic E-state index is 13.5. The van der Waals surface area contributed by atoms with Crippen LogP contribution < -0.4 is 9.64 Å². The molecule has 1 aliphatic carbocycles. The number of carbonyl (C=O) groups excluding carboxylic acids is 2. The molecule has 1 unspecified atom stereocenters. The van der Waals surface area contributed by atoms with E-state index in [0.29, 0.717) is 19.5 Å². The molecule has 1 saturated heterocycles. The Bertz CT molecular complexity index is 1280.